The second-order valence-electron chi connectivity index (χ2n) is 10.2. The number of ketones is 1. The number of carbonyl (C=O) groups is 1. The van der Waals surface area contributed by atoms with Gasteiger partial charge in [-0.25, -0.2) is 8.78 Å². The van der Waals surface area contributed by atoms with Crippen LogP contribution in [0.3, 0.4) is 0 Å². The van der Waals surface area contributed by atoms with Gasteiger partial charge in [-0.2, -0.15) is 8.42 Å². The lowest BCUT2D eigenvalue weighted by atomic mass is 9.89. The number of benzene rings is 4. The van der Waals surface area contributed by atoms with Gasteiger partial charge in [-0.05, 0) is 97.1 Å². The van der Waals surface area contributed by atoms with Crippen molar-refractivity contribution >= 4 is 38.4 Å². The highest BCUT2D eigenvalue weighted by Gasteiger charge is 2.23. The van der Waals surface area contributed by atoms with E-state index in [1.165, 1.54) is 37.5 Å². The van der Waals surface area contributed by atoms with Crippen LogP contribution >= 0.6 is 11.8 Å². The van der Waals surface area contributed by atoms with E-state index in [1.807, 2.05) is 0 Å². The molecule has 1 fully saturated rings. The fraction of sp³-hybridized carbons (Fsp3) is 0.281. The Hall–Kier alpha value is -3.47. The Labute approximate surface area is 248 Å². The van der Waals surface area contributed by atoms with Gasteiger partial charge < -0.3 is 8.92 Å². The number of hydrogen-bond acceptors (Lipinski definition) is 7. The van der Waals surface area contributed by atoms with E-state index < -0.39 is 21.8 Å². The molecule has 4 aromatic rings. The van der Waals surface area contributed by atoms with Crippen molar-refractivity contribution < 1.29 is 30.9 Å². The third-order valence-electron chi connectivity index (χ3n) is 7.21. The van der Waals surface area contributed by atoms with E-state index in [0.717, 1.165) is 43.7 Å². The van der Waals surface area contributed by atoms with Gasteiger partial charge in [-0.1, -0.05) is 18.6 Å². The number of rotatable bonds is 10. The molecule has 0 saturated carbocycles. The van der Waals surface area contributed by atoms with Crippen molar-refractivity contribution in [2.75, 3.05) is 38.8 Å². The van der Waals surface area contributed by atoms with E-state index >= 15 is 0 Å². The first kappa shape index (κ1) is 30.0. The first-order valence-electron chi connectivity index (χ1n) is 13.6. The Bertz CT molecular complexity index is 1720. The highest BCUT2D eigenvalue weighted by atomic mass is 32.2. The number of nitrogens with zero attached hydrogens (tertiary/aromatic N) is 1. The number of likely N-dealkylation sites (tertiary alicyclic amines) is 1. The van der Waals surface area contributed by atoms with Crippen LogP contribution in [-0.2, 0) is 10.1 Å². The maximum Gasteiger partial charge on any atom is 0.306 e. The Morgan fingerprint density at radius 1 is 0.905 bits per heavy atom. The van der Waals surface area contributed by atoms with Gasteiger partial charge in [-0.3, -0.25) is 9.69 Å². The number of fused-ring (bicyclic) bond motifs is 1. The molecule has 42 heavy (non-hydrogen) atoms. The van der Waals surface area contributed by atoms with Gasteiger partial charge in [0.05, 0.1) is 11.2 Å². The lowest BCUT2D eigenvalue weighted by Gasteiger charge is -2.26. The lowest BCUT2D eigenvalue weighted by Crippen LogP contribution is -2.33. The quantitative estimate of drug-likeness (QED) is 0.109. The number of carbonyl (C=O) groups excluding carboxylic acids is 1. The molecule has 1 heterocycles. The zero-order chi connectivity index (χ0) is 29.9. The average Bonchev–Trinajstić information content (AvgIpc) is 2.96. The van der Waals surface area contributed by atoms with E-state index in [1.54, 1.807) is 48.7 Å². The van der Waals surface area contributed by atoms with Crippen LogP contribution in [-0.4, -0.2) is 57.9 Å². The maximum absolute atomic E-state index is 14.8. The van der Waals surface area contributed by atoms with Crippen LogP contribution in [0.2, 0.25) is 0 Å². The highest BCUT2D eigenvalue weighted by molar-refractivity contribution is 7.98. The van der Waals surface area contributed by atoms with Gasteiger partial charge in [0.1, 0.15) is 29.7 Å². The minimum atomic E-state index is -3.77. The molecular formula is C32H31F2NO5S2. The third-order valence-corrected chi connectivity index (χ3v) is 8.53. The Kier molecular flexibility index (Phi) is 9.15. The van der Waals surface area contributed by atoms with Gasteiger partial charge in [0.15, 0.2) is 5.78 Å². The number of hydrogen-bond donors (Lipinski definition) is 0. The van der Waals surface area contributed by atoms with E-state index in [4.69, 9.17) is 8.92 Å². The predicted octanol–water partition coefficient (Wildman–Crippen LogP) is 6.94. The summed E-state index contributed by atoms with van der Waals surface area (Å²) in [4.78, 5) is 16.7. The summed E-state index contributed by atoms with van der Waals surface area (Å²) in [7, 11) is -3.77. The molecule has 1 aliphatic rings. The van der Waals surface area contributed by atoms with E-state index in [9.17, 15) is 22.0 Å². The molecular weight excluding hydrogens is 580 g/mol. The largest absolute Gasteiger partial charge is 0.492 e. The van der Waals surface area contributed by atoms with Crippen molar-refractivity contribution in [2.45, 2.75) is 24.2 Å². The summed E-state index contributed by atoms with van der Waals surface area (Å²) < 4.78 is 63.6. The van der Waals surface area contributed by atoms with Gasteiger partial charge in [0, 0.05) is 29.3 Å². The minimum absolute atomic E-state index is 0.0869. The Morgan fingerprint density at radius 2 is 1.62 bits per heavy atom. The van der Waals surface area contributed by atoms with E-state index in [2.05, 4.69) is 4.90 Å². The van der Waals surface area contributed by atoms with Gasteiger partial charge in [-0.15, -0.1) is 11.8 Å². The second-order valence-corrected chi connectivity index (χ2v) is 12.6. The summed E-state index contributed by atoms with van der Waals surface area (Å²) in [6, 6.07) is 16.7. The van der Waals surface area contributed by atoms with Crippen molar-refractivity contribution in [2.24, 2.45) is 0 Å². The van der Waals surface area contributed by atoms with Crippen molar-refractivity contribution in [3.8, 4) is 22.6 Å². The molecule has 0 N–H and O–H groups in total. The zero-order valence-electron chi connectivity index (χ0n) is 23.4. The number of thioether (sulfide) groups is 1. The third kappa shape index (κ3) is 6.94. The van der Waals surface area contributed by atoms with Crippen LogP contribution < -0.4 is 8.92 Å². The number of halogens is 2. The summed E-state index contributed by atoms with van der Waals surface area (Å²) in [6.07, 6.45) is 6.31. The zero-order valence-corrected chi connectivity index (χ0v) is 25.0. The van der Waals surface area contributed by atoms with Crippen LogP contribution in [0.25, 0.3) is 21.9 Å². The predicted molar refractivity (Wildman–Crippen MR) is 162 cm³/mol. The summed E-state index contributed by atoms with van der Waals surface area (Å²) in [5.74, 6) is -1.12. The summed E-state index contributed by atoms with van der Waals surface area (Å²) >= 11 is 1.12. The molecule has 0 aromatic heterocycles. The highest BCUT2D eigenvalue weighted by Crippen LogP contribution is 2.39. The standard InChI is InChI=1S/C32H31F2NO5S2/c1-41-32-28(19-23(33)20-29(32)34)27-12-8-22-18-25(40-42(2,37)38)11-13-26(22)30(27)31(36)21-6-9-24(10-7-21)39-17-16-35-14-4-3-5-15-35/h6-13,18-20H,3-5,14-17H2,1-2H3. The summed E-state index contributed by atoms with van der Waals surface area (Å²) in [5.41, 5.74) is 1.21. The monoisotopic (exact) mass is 611 g/mol. The Morgan fingerprint density at radius 3 is 2.31 bits per heavy atom. The first-order chi connectivity index (χ1) is 20.1. The fourth-order valence-corrected chi connectivity index (χ4v) is 6.39. The smallest absolute Gasteiger partial charge is 0.306 e. The van der Waals surface area contributed by atoms with Crippen molar-refractivity contribution in [3.63, 3.8) is 0 Å². The molecule has 5 rings (SSSR count). The van der Waals surface area contributed by atoms with Crippen LogP contribution in [0.1, 0.15) is 35.2 Å². The molecule has 0 spiro atoms. The second kappa shape index (κ2) is 12.8. The number of piperidine rings is 1. The van der Waals surface area contributed by atoms with Crippen LogP contribution in [0.15, 0.2) is 71.6 Å². The molecule has 0 radical (unpaired) electrons. The molecule has 10 heteroatoms. The molecule has 220 valence electrons. The molecule has 0 aliphatic carbocycles. The maximum atomic E-state index is 14.8. The molecule has 1 saturated heterocycles. The van der Waals surface area contributed by atoms with Crippen LogP contribution in [0, 0.1) is 11.6 Å². The number of ether oxygens (including phenoxy) is 1. The van der Waals surface area contributed by atoms with Crippen molar-refractivity contribution in [1.29, 1.82) is 0 Å². The molecule has 0 amide bonds. The van der Waals surface area contributed by atoms with E-state index in [0.29, 0.717) is 34.3 Å². The Balaban J connectivity index is 1.53. The fourth-order valence-electron chi connectivity index (χ4n) is 5.29. The molecule has 4 aromatic carbocycles. The first-order valence-corrected chi connectivity index (χ1v) is 16.7. The molecule has 1 aliphatic heterocycles. The normalized spacial score (nSPS) is 14.2. The van der Waals surface area contributed by atoms with Crippen LogP contribution in [0.4, 0.5) is 8.78 Å². The van der Waals surface area contributed by atoms with Gasteiger partial charge in [0.2, 0.25) is 0 Å². The molecule has 0 unspecified atom stereocenters. The minimum Gasteiger partial charge on any atom is -0.492 e. The topological polar surface area (TPSA) is 72.9 Å². The summed E-state index contributed by atoms with van der Waals surface area (Å²) in [5, 5.41) is 1.01. The van der Waals surface area contributed by atoms with E-state index in [-0.39, 0.29) is 27.6 Å². The van der Waals surface area contributed by atoms with Gasteiger partial charge in [0.25, 0.3) is 0 Å². The lowest BCUT2D eigenvalue weighted by molar-refractivity contribution is 0.104. The molecule has 0 atom stereocenters. The van der Waals surface area contributed by atoms with Crippen LogP contribution in [0.5, 0.6) is 11.5 Å². The SMILES string of the molecule is CSc1c(F)cc(F)cc1-c1ccc2cc(OS(C)(=O)=O)ccc2c1C(=O)c1ccc(OCCN2CCCCC2)cc1. The van der Waals surface area contributed by atoms with Gasteiger partial charge >= 0.3 is 10.1 Å². The molecule has 0 bridgehead atoms. The molecule has 6 nitrogen and oxygen atoms in total. The summed E-state index contributed by atoms with van der Waals surface area (Å²) in [6.45, 7) is 3.55. The average molecular weight is 612 g/mol. The van der Waals surface area contributed by atoms with Crippen molar-refractivity contribution in [1.82, 2.24) is 4.90 Å². The van der Waals surface area contributed by atoms with Crippen molar-refractivity contribution in [3.05, 3.63) is 89.5 Å².